The van der Waals surface area contributed by atoms with Gasteiger partial charge in [0.15, 0.2) is 5.04 Å². The largest absolute Gasteiger partial charge is 0.480 e. The molecule has 0 aliphatic carbocycles. The fraction of sp³-hybridized carbons (Fsp3) is 0.571. The Bertz CT molecular complexity index is 270. The molecule has 0 bridgehead atoms. The first kappa shape index (κ1) is 14.3. The van der Waals surface area contributed by atoms with Crippen molar-refractivity contribution in [3.63, 3.8) is 0 Å². The van der Waals surface area contributed by atoms with Crippen LogP contribution in [0.1, 0.15) is 0 Å². The van der Waals surface area contributed by atoms with Crippen LogP contribution in [0.3, 0.4) is 0 Å². The zero-order chi connectivity index (χ0) is 11.8. The van der Waals surface area contributed by atoms with Crippen LogP contribution >= 0.6 is 24.4 Å². The van der Waals surface area contributed by atoms with Crippen molar-refractivity contribution in [1.29, 1.82) is 0 Å². The van der Waals surface area contributed by atoms with Crippen molar-refractivity contribution < 1.29 is 19.8 Å². The fourth-order valence-electron chi connectivity index (χ4n) is 0.543. The molecule has 15 heavy (non-hydrogen) atoms. The summed E-state index contributed by atoms with van der Waals surface area (Å²) in [6, 6.07) is -0.816. The molecule has 1 unspecified atom stereocenters. The highest BCUT2D eigenvalue weighted by Crippen LogP contribution is 2.10. The summed E-state index contributed by atoms with van der Waals surface area (Å²) in [6.45, 7) is 0.659. The molecule has 0 aromatic carbocycles. The first-order chi connectivity index (χ1) is 6.99. The van der Waals surface area contributed by atoms with Gasteiger partial charge in [-0.15, -0.1) is 0 Å². The molecule has 1 atom stereocenters. The highest BCUT2D eigenvalue weighted by Gasteiger charge is 2.13. The van der Waals surface area contributed by atoms with E-state index in [1.807, 2.05) is 0 Å². The first-order valence-electron chi connectivity index (χ1n) is 3.98. The van der Waals surface area contributed by atoms with E-state index >= 15 is 0 Å². The van der Waals surface area contributed by atoms with E-state index in [1.54, 1.807) is 0 Å². The number of rotatable bonds is 3. The van der Waals surface area contributed by atoms with Gasteiger partial charge < -0.3 is 15.9 Å². The highest BCUT2D eigenvalue weighted by molar-refractivity contribution is 8.15. The van der Waals surface area contributed by atoms with Crippen molar-refractivity contribution in [1.82, 2.24) is 0 Å². The number of hydrogen-bond acceptors (Lipinski definition) is 6. The second kappa shape index (κ2) is 7.55. The minimum atomic E-state index is -1.00. The van der Waals surface area contributed by atoms with E-state index in [2.05, 4.69) is 17.6 Å². The van der Waals surface area contributed by atoms with Crippen LogP contribution in [0.2, 0.25) is 0 Å². The van der Waals surface area contributed by atoms with Crippen LogP contribution in [0, 0.1) is 0 Å². The number of carboxylic acids is 2. The Morgan fingerprint density at radius 3 is 2.33 bits per heavy atom. The summed E-state index contributed by atoms with van der Waals surface area (Å²) in [6.07, 6.45) is 0. The Balaban J connectivity index is 0.000000265. The van der Waals surface area contributed by atoms with Gasteiger partial charge >= 0.3 is 11.9 Å². The molecular weight excluding hydrogens is 240 g/mol. The van der Waals surface area contributed by atoms with Gasteiger partial charge in [0.05, 0.1) is 0 Å². The number of hydrogen-bond donors (Lipinski definition) is 4. The molecule has 1 rings (SSSR count). The molecule has 1 heterocycles. The van der Waals surface area contributed by atoms with Crippen LogP contribution in [0.5, 0.6) is 0 Å². The third-order valence-electron chi connectivity index (χ3n) is 1.28. The summed E-state index contributed by atoms with van der Waals surface area (Å²) >= 11 is 4.95. The molecule has 0 amide bonds. The minimum absolute atomic E-state index is 0.190. The number of carboxylic acid groups (broad SMARTS) is 2. The van der Waals surface area contributed by atoms with Crippen molar-refractivity contribution in [3.8, 4) is 0 Å². The van der Waals surface area contributed by atoms with Crippen molar-refractivity contribution in [2.75, 3.05) is 18.1 Å². The SMILES string of the molecule is NC(CS)C(=O)O.O=C(O)C1=NCCS1. The van der Waals surface area contributed by atoms with Gasteiger partial charge in [0.1, 0.15) is 6.04 Å². The molecule has 8 heteroatoms. The van der Waals surface area contributed by atoms with E-state index < -0.39 is 18.0 Å². The molecular formula is C7H12N2O4S2. The van der Waals surface area contributed by atoms with Crippen LogP contribution in [0.15, 0.2) is 4.99 Å². The number of thioether (sulfide) groups is 1. The molecule has 0 aromatic rings. The summed E-state index contributed by atoms with van der Waals surface area (Å²) in [5, 5.41) is 16.5. The second-order valence-corrected chi connectivity index (χ2v) is 3.92. The van der Waals surface area contributed by atoms with Gasteiger partial charge in [0, 0.05) is 18.1 Å². The molecule has 6 nitrogen and oxygen atoms in total. The number of nitrogens with zero attached hydrogens (tertiary/aromatic N) is 1. The van der Waals surface area contributed by atoms with Crippen LogP contribution < -0.4 is 5.73 Å². The van der Waals surface area contributed by atoms with Gasteiger partial charge in [-0.05, 0) is 0 Å². The van der Waals surface area contributed by atoms with Crippen molar-refractivity contribution in [2.45, 2.75) is 6.04 Å². The van der Waals surface area contributed by atoms with E-state index in [0.29, 0.717) is 6.54 Å². The first-order valence-corrected chi connectivity index (χ1v) is 5.60. The number of thiol groups is 1. The van der Waals surface area contributed by atoms with Gasteiger partial charge in [0.25, 0.3) is 0 Å². The average molecular weight is 252 g/mol. The fourth-order valence-corrected chi connectivity index (χ4v) is 1.38. The predicted molar refractivity (Wildman–Crippen MR) is 61.9 cm³/mol. The predicted octanol–water partition coefficient (Wildman–Crippen LogP) is -0.456. The third kappa shape index (κ3) is 6.37. The van der Waals surface area contributed by atoms with Gasteiger partial charge in [0.2, 0.25) is 0 Å². The monoisotopic (exact) mass is 252 g/mol. The number of nitrogens with two attached hydrogens (primary N) is 1. The summed E-state index contributed by atoms with van der Waals surface area (Å²) in [7, 11) is 0. The second-order valence-electron chi connectivity index (χ2n) is 2.47. The van der Waals surface area contributed by atoms with Crippen LogP contribution in [-0.4, -0.2) is 51.3 Å². The smallest absolute Gasteiger partial charge is 0.360 e. The molecule has 0 fully saturated rings. The van der Waals surface area contributed by atoms with Crippen LogP contribution in [-0.2, 0) is 9.59 Å². The standard InChI is InChI=1S/C4H5NO2S.C3H7NO2S/c6-4(7)3-5-1-2-8-3;4-2(1-7)3(5)6/h1-2H2,(H,6,7);2,7H,1,4H2,(H,5,6). The quantitative estimate of drug-likeness (QED) is 0.506. The number of carbonyl (C=O) groups is 2. The summed E-state index contributed by atoms with van der Waals surface area (Å²) in [5.74, 6) is -0.890. The molecule has 0 saturated carbocycles. The maximum atomic E-state index is 10.0. The maximum Gasteiger partial charge on any atom is 0.360 e. The van der Waals surface area contributed by atoms with E-state index in [-0.39, 0.29) is 10.8 Å². The Hall–Kier alpha value is -0.730. The lowest BCUT2D eigenvalue weighted by Crippen LogP contribution is -2.31. The van der Waals surface area contributed by atoms with Gasteiger partial charge in [-0.25, -0.2) is 4.79 Å². The van der Waals surface area contributed by atoms with E-state index in [1.165, 1.54) is 11.8 Å². The Labute approximate surface area is 96.4 Å². The van der Waals surface area contributed by atoms with E-state index in [4.69, 9.17) is 15.9 Å². The van der Waals surface area contributed by atoms with Crippen molar-refractivity contribution in [3.05, 3.63) is 0 Å². The Morgan fingerprint density at radius 1 is 1.60 bits per heavy atom. The lowest BCUT2D eigenvalue weighted by molar-refractivity contribution is -0.138. The third-order valence-corrected chi connectivity index (χ3v) is 2.64. The number of aliphatic carboxylic acids is 2. The highest BCUT2D eigenvalue weighted by atomic mass is 32.2. The molecule has 0 radical (unpaired) electrons. The molecule has 86 valence electrons. The van der Waals surface area contributed by atoms with Crippen LogP contribution in [0.25, 0.3) is 0 Å². The molecule has 0 aromatic heterocycles. The minimum Gasteiger partial charge on any atom is -0.480 e. The van der Waals surface area contributed by atoms with Gasteiger partial charge in [-0.3, -0.25) is 9.79 Å². The molecule has 1 aliphatic heterocycles. The summed E-state index contributed by atoms with van der Waals surface area (Å²) < 4.78 is 0. The lowest BCUT2D eigenvalue weighted by Gasteiger charge is -1.96. The van der Waals surface area contributed by atoms with E-state index in [9.17, 15) is 9.59 Å². The van der Waals surface area contributed by atoms with Gasteiger partial charge in [-0.2, -0.15) is 12.6 Å². The molecule has 0 spiro atoms. The van der Waals surface area contributed by atoms with Crippen molar-refractivity contribution >= 4 is 41.4 Å². The molecule has 1 aliphatic rings. The zero-order valence-corrected chi connectivity index (χ0v) is 9.50. The Kier molecular flexibility index (Phi) is 7.18. The van der Waals surface area contributed by atoms with Gasteiger partial charge in [-0.1, -0.05) is 11.8 Å². The number of aliphatic imine (C=N–C) groups is 1. The van der Waals surface area contributed by atoms with Crippen LogP contribution in [0.4, 0.5) is 0 Å². The summed E-state index contributed by atoms with van der Waals surface area (Å²) in [4.78, 5) is 23.5. The maximum absolute atomic E-state index is 10.0. The molecule has 0 saturated heterocycles. The van der Waals surface area contributed by atoms with Crippen molar-refractivity contribution in [2.24, 2.45) is 10.7 Å². The topological polar surface area (TPSA) is 113 Å². The normalized spacial score (nSPS) is 16.0. The Morgan fingerprint density at radius 2 is 2.20 bits per heavy atom. The lowest BCUT2D eigenvalue weighted by atomic mass is 10.4. The van der Waals surface area contributed by atoms with E-state index in [0.717, 1.165) is 5.75 Å². The summed E-state index contributed by atoms with van der Waals surface area (Å²) in [5.41, 5.74) is 4.94. The zero-order valence-electron chi connectivity index (χ0n) is 7.79. The average Bonchev–Trinajstić information content (AvgIpc) is 2.70. The molecule has 4 N–H and O–H groups in total.